The Labute approximate surface area is 184 Å². The number of benzene rings is 5. The van der Waals surface area contributed by atoms with Crippen LogP contribution >= 0.6 is 0 Å². The second-order valence-electron chi connectivity index (χ2n) is 7.67. The minimum absolute atomic E-state index is 0.256. The average molecular weight is 418 g/mol. The largest absolute Gasteiger partial charge is 0.478 e. The zero-order chi connectivity index (χ0) is 22.2. The molecule has 0 unspecified atom stereocenters. The molecule has 0 fully saturated rings. The molecule has 2 N–H and O–H groups in total. The highest BCUT2D eigenvalue weighted by Crippen LogP contribution is 2.36. The maximum atomic E-state index is 11.2. The van der Waals surface area contributed by atoms with E-state index in [-0.39, 0.29) is 11.1 Å². The van der Waals surface area contributed by atoms with E-state index in [2.05, 4.69) is 24.3 Å². The number of carboxylic acid groups (broad SMARTS) is 2. The fourth-order valence-corrected chi connectivity index (χ4v) is 4.14. The van der Waals surface area contributed by atoms with Gasteiger partial charge in [-0.1, -0.05) is 60.7 Å². The van der Waals surface area contributed by atoms with Gasteiger partial charge < -0.3 is 10.2 Å². The molecular formula is C28H18O4. The van der Waals surface area contributed by atoms with Crippen molar-refractivity contribution in [2.45, 2.75) is 0 Å². The third-order valence-corrected chi connectivity index (χ3v) is 5.77. The number of carbonyl (C=O) groups is 2. The van der Waals surface area contributed by atoms with Crippen LogP contribution in [-0.4, -0.2) is 22.2 Å². The first-order valence-electron chi connectivity index (χ1n) is 10.1. The lowest BCUT2D eigenvalue weighted by Gasteiger charge is -2.12. The molecule has 0 aliphatic rings. The average Bonchev–Trinajstić information content (AvgIpc) is 2.82. The predicted octanol–water partition coefficient (Wildman–Crippen LogP) is 6.72. The van der Waals surface area contributed by atoms with Gasteiger partial charge >= 0.3 is 11.9 Å². The Balaban J connectivity index is 1.71. The summed E-state index contributed by atoms with van der Waals surface area (Å²) < 4.78 is 0. The predicted molar refractivity (Wildman–Crippen MR) is 126 cm³/mol. The van der Waals surface area contributed by atoms with E-state index in [9.17, 15) is 19.8 Å². The summed E-state index contributed by atoms with van der Waals surface area (Å²) in [5.74, 6) is -1.89. The summed E-state index contributed by atoms with van der Waals surface area (Å²) in [5.41, 5.74) is 4.46. The first kappa shape index (κ1) is 19.5. The van der Waals surface area contributed by atoms with E-state index in [4.69, 9.17) is 0 Å². The van der Waals surface area contributed by atoms with E-state index in [0.29, 0.717) is 0 Å². The Morgan fingerprint density at radius 1 is 0.500 bits per heavy atom. The summed E-state index contributed by atoms with van der Waals surface area (Å²) in [6.45, 7) is 0. The van der Waals surface area contributed by atoms with Crippen molar-refractivity contribution in [2.24, 2.45) is 0 Å². The van der Waals surface area contributed by atoms with E-state index in [0.717, 1.165) is 43.8 Å². The molecular weight excluding hydrogens is 400 g/mol. The zero-order valence-electron chi connectivity index (χ0n) is 16.9. The Kier molecular flexibility index (Phi) is 4.68. The van der Waals surface area contributed by atoms with Gasteiger partial charge in [0.1, 0.15) is 0 Å². The summed E-state index contributed by atoms with van der Waals surface area (Å²) in [4.78, 5) is 22.4. The SMILES string of the molecule is O=C(O)c1ccc(-c2cccc3cc4cccc(-c5ccc(C(=O)O)cc5)c4cc23)cc1. The van der Waals surface area contributed by atoms with Crippen molar-refractivity contribution in [3.05, 3.63) is 108 Å². The van der Waals surface area contributed by atoms with Gasteiger partial charge in [0.05, 0.1) is 11.1 Å². The molecule has 0 bridgehead atoms. The highest BCUT2D eigenvalue weighted by Gasteiger charge is 2.11. The van der Waals surface area contributed by atoms with Crippen LogP contribution in [0.1, 0.15) is 20.7 Å². The molecule has 4 nitrogen and oxygen atoms in total. The standard InChI is InChI=1S/C28H18O4/c29-27(30)19-11-7-17(8-12-19)23-5-1-3-21-15-22-4-2-6-24(26(22)16-25(21)23)18-9-13-20(14-10-18)28(31)32/h1-16H,(H,29,30)(H,31,32). The molecule has 0 atom stereocenters. The molecule has 5 aromatic carbocycles. The van der Waals surface area contributed by atoms with Gasteiger partial charge in [-0.2, -0.15) is 0 Å². The third kappa shape index (κ3) is 3.38. The summed E-state index contributed by atoms with van der Waals surface area (Å²) in [5, 5.41) is 22.7. The fraction of sp³-hybridized carbons (Fsp3) is 0. The molecule has 0 spiro atoms. The summed E-state index contributed by atoms with van der Waals surface area (Å²) in [7, 11) is 0. The van der Waals surface area contributed by atoms with Crippen molar-refractivity contribution in [1.82, 2.24) is 0 Å². The maximum absolute atomic E-state index is 11.2. The van der Waals surface area contributed by atoms with Gasteiger partial charge in [-0.25, -0.2) is 9.59 Å². The van der Waals surface area contributed by atoms with Crippen LogP contribution in [0.5, 0.6) is 0 Å². The Bertz CT molecular complexity index is 1380. The van der Waals surface area contributed by atoms with Gasteiger partial charge in [-0.15, -0.1) is 0 Å². The minimum atomic E-state index is -0.945. The quantitative estimate of drug-likeness (QED) is 0.318. The minimum Gasteiger partial charge on any atom is -0.478 e. The lowest BCUT2D eigenvalue weighted by atomic mass is 9.92. The van der Waals surface area contributed by atoms with Gasteiger partial charge in [0, 0.05) is 0 Å². The van der Waals surface area contributed by atoms with E-state index >= 15 is 0 Å². The van der Waals surface area contributed by atoms with Crippen molar-refractivity contribution in [3.63, 3.8) is 0 Å². The Hall–Kier alpha value is -4.44. The van der Waals surface area contributed by atoms with E-state index in [1.165, 1.54) is 0 Å². The van der Waals surface area contributed by atoms with Crippen molar-refractivity contribution in [1.29, 1.82) is 0 Å². The van der Waals surface area contributed by atoms with E-state index < -0.39 is 11.9 Å². The van der Waals surface area contributed by atoms with Gasteiger partial charge in [-0.05, 0) is 80.2 Å². The first-order chi connectivity index (χ1) is 15.5. The number of fused-ring (bicyclic) bond motifs is 2. The molecule has 0 aliphatic carbocycles. The normalized spacial score (nSPS) is 11.0. The zero-order valence-corrected chi connectivity index (χ0v) is 16.9. The van der Waals surface area contributed by atoms with Crippen molar-refractivity contribution in [3.8, 4) is 22.3 Å². The number of hydrogen-bond donors (Lipinski definition) is 2. The van der Waals surface area contributed by atoms with Crippen LogP contribution in [0.15, 0.2) is 97.1 Å². The molecule has 5 rings (SSSR count). The van der Waals surface area contributed by atoms with Gasteiger partial charge in [0.25, 0.3) is 0 Å². The smallest absolute Gasteiger partial charge is 0.335 e. The molecule has 32 heavy (non-hydrogen) atoms. The Morgan fingerprint density at radius 3 is 1.28 bits per heavy atom. The molecule has 0 heterocycles. The van der Waals surface area contributed by atoms with Crippen molar-refractivity contribution < 1.29 is 19.8 Å². The summed E-state index contributed by atoms with van der Waals surface area (Å²) >= 11 is 0. The molecule has 4 heteroatoms. The van der Waals surface area contributed by atoms with Crippen LogP contribution in [0.4, 0.5) is 0 Å². The molecule has 154 valence electrons. The van der Waals surface area contributed by atoms with Gasteiger partial charge in [-0.3, -0.25) is 0 Å². The summed E-state index contributed by atoms with van der Waals surface area (Å²) in [6.07, 6.45) is 0. The molecule has 0 saturated heterocycles. The van der Waals surface area contributed by atoms with Crippen LogP contribution in [0.25, 0.3) is 43.8 Å². The van der Waals surface area contributed by atoms with Crippen LogP contribution < -0.4 is 0 Å². The molecule has 0 amide bonds. The molecule has 0 saturated carbocycles. The lowest BCUT2D eigenvalue weighted by Crippen LogP contribution is -1.95. The molecule has 0 radical (unpaired) electrons. The highest BCUT2D eigenvalue weighted by molar-refractivity contribution is 6.09. The van der Waals surface area contributed by atoms with Crippen LogP contribution in [0.2, 0.25) is 0 Å². The first-order valence-corrected chi connectivity index (χ1v) is 10.1. The number of carboxylic acids is 2. The molecule has 0 aliphatic heterocycles. The second kappa shape index (κ2) is 7.67. The second-order valence-corrected chi connectivity index (χ2v) is 7.67. The Morgan fingerprint density at radius 2 is 0.906 bits per heavy atom. The van der Waals surface area contributed by atoms with E-state index in [1.807, 2.05) is 48.5 Å². The molecule has 0 aromatic heterocycles. The van der Waals surface area contributed by atoms with Gasteiger partial charge in [0.15, 0.2) is 0 Å². The van der Waals surface area contributed by atoms with Crippen LogP contribution in [-0.2, 0) is 0 Å². The summed E-state index contributed by atoms with van der Waals surface area (Å²) in [6, 6.07) is 30.3. The number of hydrogen-bond acceptors (Lipinski definition) is 2. The van der Waals surface area contributed by atoms with Crippen molar-refractivity contribution in [2.75, 3.05) is 0 Å². The van der Waals surface area contributed by atoms with Gasteiger partial charge in [0.2, 0.25) is 0 Å². The fourth-order valence-electron chi connectivity index (χ4n) is 4.14. The topological polar surface area (TPSA) is 74.6 Å². The van der Waals surface area contributed by atoms with Crippen LogP contribution in [0, 0.1) is 0 Å². The molecule has 5 aromatic rings. The third-order valence-electron chi connectivity index (χ3n) is 5.77. The number of rotatable bonds is 4. The number of aromatic carboxylic acids is 2. The maximum Gasteiger partial charge on any atom is 0.335 e. The van der Waals surface area contributed by atoms with Crippen molar-refractivity contribution >= 4 is 33.5 Å². The van der Waals surface area contributed by atoms with Crippen LogP contribution in [0.3, 0.4) is 0 Å². The van der Waals surface area contributed by atoms with E-state index in [1.54, 1.807) is 24.3 Å². The monoisotopic (exact) mass is 418 g/mol. The highest BCUT2D eigenvalue weighted by atomic mass is 16.4. The lowest BCUT2D eigenvalue weighted by molar-refractivity contribution is 0.0686.